The van der Waals surface area contributed by atoms with E-state index in [2.05, 4.69) is 4.98 Å². The predicted molar refractivity (Wildman–Crippen MR) is 85.2 cm³/mol. The van der Waals surface area contributed by atoms with Crippen molar-refractivity contribution in [3.05, 3.63) is 70.0 Å². The largest absolute Gasteiger partial charge is 0.325 e. The quantitative estimate of drug-likeness (QED) is 0.558. The average molecular weight is 353 g/mol. The van der Waals surface area contributed by atoms with Crippen LogP contribution in [-0.2, 0) is 6.42 Å². The van der Waals surface area contributed by atoms with Crippen LogP contribution in [0, 0.1) is 22.9 Å². The smallest absolute Gasteiger partial charge is 0.165 e. The standard InChI is InChI=1S/C16H12ClF3N4/c17-8-1-4-13-16(12(22)6-21)23-14(24(13)7-8)5-9-10(18)2-3-11(19)15(9)20/h1-4,7,22H,5-6,21H2. The Hall–Kier alpha value is -2.38. The zero-order valence-corrected chi connectivity index (χ0v) is 13.0. The van der Waals surface area contributed by atoms with E-state index in [1.54, 1.807) is 12.1 Å². The summed E-state index contributed by atoms with van der Waals surface area (Å²) in [4.78, 5) is 4.25. The molecule has 0 saturated carbocycles. The van der Waals surface area contributed by atoms with Crippen molar-refractivity contribution in [3.63, 3.8) is 0 Å². The number of nitrogens with one attached hydrogen (secondary N) is 1. The summed E-state index contributed by atoms with van der Waals surface area (Å²) < 4.78 is 42.7. The van der Waals surface area contributed by atoms with Gasteiger partial charge in [-0.1, -0.05) is 11.6 Å². The lowest BCUT2D eigenvalue weighted by Crippen LogP contribution is -2.14. The van der Waals surface area contributed by atoms with Gasteiger partial charge in [-0.3, -0.25) is 0 Å². The Balaban J connectivity index is 2.18. The molecule has 3 N–H and O–H groups in total. The zero-order valence-electron chi connectivity index (χ0n) is 12.3. The lowest BCUT2D eigenvalue weighted by atomic mass is 10.1. The molecule has 8 heteroatoms. The van der Waals surface area contributed by atoms with Crippen molar-refractivity contribution in [2.45, 2.75) is 6.42 Å². The van der Waals surface area contributed by atoms with Gasteiger partial charge in [-0.2, -0.15) is 0 Å². The minimum absolute atomic E-state index is 0.0442. The van der Waals surface area contributed by atoms with Gasteiger partial charge >= 0.3 is 0 Å². The number of nitrogens with zero attached hydrogens (tertiary/aromatic N) is 2. The number of nitrogens with two attached hydrogens (primary N) is 1. The maximum Gasteiger partial charge on any atom is 0.165 e. The van der Waals surface area contributed by atoms with E-state index < -0.39 is 23.0 Å². The number of benzene rings is 1. The Morgan fingerprint density at radius 1 is 1.17 bits per heavy atom. The number of hydrogen-bond donors (Lipinski definition) is 2. The predicted octanol–water partition coefficient (Wildman–Crippen LogP) is 3.32. The summed E-state index contributed by atoms with van der Waals surface area (Å²) >= 11 is 5.97. The van der Waals surface area contributed by atoms with E-state index in [4.69, 9.17) is 22.7 Å². The lowest BCUT2D eigenvalue weighted by Gasteiger charge is -2.06. The molecule has 0 aliphatic rings. The van der Waals surface area contributed by atoms with E-state index in [1.807, 2.05) is 0 Å². The first kappa shape index (κ1) is 16.5. The first-order valence-corrected chi connectivity index (χ1v) is 7.37. The van der Waals surface area contributed by atoms with Crippen molar-refractivity contribution in [2.75, 3.05) is 6.54 Å². The molecule has 124 valence electrons. The number of aromatic nitrogens is 2. The molecule has 0 fully saturated rings. The topological polar surface area (TPSA) is 67.2 Å². The number of imidazole rings is 1. The van der Waals surface area contributed by atoms with Gasteiger partial charge in [0.05, 0.1) is 16.3 Å². The van der Waals surface area contributed by atoms with Gasteiger partial charge in [0.1, 0.15) is 17.3 Å². The molecule has 0 unspecified atom stereocenters. The van der Waals surface area contributed by atoms with Crippen LogP contribution in [0.25, 0.3) is 5.52 Å². The summed E-state index contributed by atoms with van der Waals surface area (Å²) in [6.07, 6.45) is 1.22. The summed E-state index contributed by atoms with van der Waals surface area (Å²) in [6.45, 7) is -0.0442. The Bertz CT molecular complexity index is 952. The van der Waals surface area contributed by atoms with E-state index in [0.717, 1.165) is 12.1 Å². The first-order valence-electron chi connectivity index (χ1n) is 6.99. The van der Waals surface area contributed by atoms with Crippen LogP contribution in [0.3, 0.4) is 0 Å². The maximum absolute atomic E-state index is 13.9. The summed E-state index contributed by atoms with van der Waals surface area (Å²) in [5.74, 6) is -3.04. The molecule has 0 amide bonds. The molecule has 0 saturated heterocycles. The van der Waals surface area contributed by atoms with Gasteiger partial charge in [0.25, 0.3) is 0 Å². The third kappa shape index (κ3) is 2.76. The van der Waals surface area contributed by atoms with Crippen molar-refractivity contribution in [3.8, 4) is 0 Å². The van der Waals surface area contributed by atoms with E-state index in [-0.39, 0.29) is 24.5 Å². The van der Waals surface area contributed by atoms with Crippen molar-refractivity contribution in [1.82, 2.24) is 9.38 Å². The summed E-state index contributed by atoms with van der Waals surface area (Å²) in [6, 6.07) is 4.83. The molecule has 0 atom stereocenters. The van der Waals surface area contributed by atoms with Crippen LogP contribution in [0.2, 0.25) is 5.02 Å². The van der Waals surface area contributed by atoms with Crippen molar-refractivity contribution in [2.24, 2.45) is 5.73 Å². The first-order chi connectivity index (χ1) is 11.4. The van der Waals surface area contributed by atoms with E-state index in [9.17, 15) is 13.2 Å². The van der Waals surface area contributed by atoms with Crippen LogP contribution < -0.4 is 5.73 Å². The van der Waals surface area contributed by atoms with E-state index in [0.29, 0.717) is 16.2 Å². The lowest BCUT2D eigenvalue weighted by molar-refractivity contribution is 0.481. The zero-order chi connectivity index (χ0) is 17.4. The number of halogens is 4. The number of fused-ring (bicyclic) bond motifs is 1. The van der Waals surface area contributed by atoms with Crippen LogP contribution in [0.5, 0.6) is 0 Å². The highest BCUT2D eigenvalue weighted by Crippen LogP contribution is 2.23. The van der Waals surface area contributed by atoms with Gasteiger partial charge in [0, 0.05) is 24.7 Å². The third-order valence-electron chi connectivity index (χ3n) is 3.64. The molecular weight excluding hydrogens is 341 g/mol. The fraction of sp³-hybridized carbons (Fsp3) is 0.125. The Labute approximate surface area is 140 Å². The highest BCUT2D eigenvalue weighted by molar-refractivity contribution is 6.30. The normalized spacial score (nSPS) is 11.2. The second-order valence-electron chi connectivity index (χ2n) is 5.16. The van der Waals surface area contributed by atoms with E-state index in [1.165, 1.54) is 10.6 Å². The molecule has 2 heterocycles. The molecule has 24 heavy (non-hydrogen) atoms. The van der Waals surface area contributed by atoms with Crippen LogP contribution in [0.1, 0.15) is 17.1 Å². The number of rotatable bonds is 4. The van der Waals surface area contributed by atoms with E-state index >= 15 is 0 Å². The minimum atomic E-state index is -1.26. The molecule has 1 aromatic carbocycles. The summed E-state index contributed by atoms with van der Waals surface area (Å²) in [5.41, 5.74) is 5.94. The molecule has 0 spiro atoms. The molecule has 0 radical (unpaired) electrons. The second-order valence-corrected chi connectivity index (χ2v) is 5.60. The number of pyridine rings is 1. The SMILES string of the molecule is N=C(CN)c1nc(Cc2c(F)ccc(F)c2F)n2cc(Cl)ccc12. The third-order valence-corrected chi connectivity index (χ3v) is 3.86. The van der Waals surface area contributed by atoms with Gasteiger partial charge in [0.2, 0.25) is 0 Å². The fourth-order valence-electron chi connectivity index (χ4n) is 2.45. The van der Waals surface area contributed by atoms with Crippen LogP contribution in [-0.4, -0.2) is 21.6 Å². The molecule has 0 bridgehead atoms. The van der Waals surface area contributed by atoms with Crippen molar-refractivity contribution in [1.29, 1.82) is 5.41 Å². The van der Waals surface area contributed by atoms with Gasteiger partial charge in [0.15, 0.2) is 11.6 Å². The van der Waals surface area contributed by atoms with Crippen LogP contribution >= 0.6 is 11.6 Å². The highest BCUT2D eigenvalue weighted by Gasteiger charge is 2.19. The van der Waals surface area contributed by atoms with Gasteiger partial charge in [-0.15, -0.1) is 0 Å². The fourth-order valence-corrected chi connectivity index (χ4v) is 2.61. The summed E-state index contributed by atoms with van der Waals surface area (Å²) in [5, 5.41) is 8.27. The van der Waals surface area contributed by atoms with Gasteiger partial charge in [-0.05, 0) is 24.3 Å². The molecule has 3 aromatic rings. The Kier molecular flexibility index (Phi) is 4.29. The highest BCUT2D eigenvalue weighted by atomic mass is 35.5. The van der Waals surface area contributed by atoms with Gasteiger partial charge < -0.3 is 15.5 Å². The Morgan fingerprint density at radius 3 is 2.58 bits per heavy atom. The van der Waals surface area contributed by atoms with Gasteiger partial charge in [-0.25, -0.2) is 18.2 Å². The molecule has 4 nitrogen and oxygen atoms in total. The molecular formula is C16H12ClF3N4. The molecule has 2 aromatic heterocycles. The van der Waals surface area contributed by atoms with Crippen molar-refractivity contribution >= 4 is 22.8 Å². The monoisotopic (exact) mass is 352 g/mol. The molecule has 3 rings (SSSR count). The molecule has 0 aliphatic carbocycles. The molecule has 0 aliphatic heterocycles. The Morgan fingerprint density at radius 2 is 1.88 bits per heavy atom. The van der Waals surface area contributed by atoms with Crippen LogP contribution in [0.15, 0.2) is 30.5 Å². The maximum atomic E-state index is 13.9. The van der Waals surface area contributed by atoms with Crippen LogP contribution in [0.4, 0.5) is 13.2 Å². The van der Waals surface area contributed by atoms with Crippen molar-refractivity contribution < 1.29 is 13.2 Å². The summed E-state index contributed by atoms with van der Waals surface area (Å²) in [7, 11) is 0. The second kappa shape index (κ2) is 6.26. The minimum Gasteiger partial charge on any atom is -0.325 e. The average Bonchev–Trinajstić information content (AvgIpc) is 2.92. The number of hydrogen-bond acceptors (Lipinski definition) is 3.